The zero-order valence-corrected chi connectivity index (χ0v) is 23.1. The van der Waals surface area contributed by atoms with Gasteiger partial charge in [-0.15, -0.1) is 11.3 Å². The fourth-order valence-electron chi connectivity index (χ4n) is 5.41. The van der Waals surface area contributed by atoms with E-state index >= 15 is 0 Å². The number of imidazole rings is 1. The van der Waals surface area contributed by atoms with Gasteiger partial charge in [-0.1, -0.05) is 29.8 Å². The first-order valence-corrected chi connectivity index (χ1v) is 14.0. The van der Waals surface area contributed by atoms with E-state index in [4.69, 9.17) is 0 Å². The summed E-state index contributed by atoms with van der Waals surface area (Å²) in [6.45, 7) is 6.14. The third-order valence-corrected chi connectivity index (χ3v) is 8.70. The number of nitriles is 1. The molecule has 0 saturated carbocycles. The van der Waals surface area contributed by atoms with Gasteiger partial charge in [0.15, 0.2) is 0 Å². The van der Waals surface area contributed by atoms with Gasteiger partial charge < -0.3 is 14.9 Å². The number of aromatic amines is 1. The average Bonchev–Trinajstić information content (AvgIpc) is 3.61. The number of benzene rings is 2. The number of allylic oxidation sites excluding steroid dienone is 1. The molecule has 0 bridgehead atoms. The van der Waals surface area contributed by atoms with Gasteiger partial charge in [-0.05, 0) is 94.0 Å². The van der Waals surface area contributed by atoms with Crippen molar-refractivity contribution in [3.05, 3.63) is 98.9 Å². The van der Waals surface area contributed by atoms with Crippen molar-refractivity contribution >= 4 is 45.6 Å². The van der Waals surface area contributed by atoms with Gasteiger partial charge in [0, 0.05) is 22.0 Å². The van der Waals surface area contributed by atoms with E-state index in [1.165, 1.54) is 10.4 Å². The Morgan fingerprint density at radius 2 is 1.87 bits per heavy atom. The number of amides is 1. The van der Waals surface area contributed by atoms with Crippen molar-refractivity contribution in [3.63, 3.8) is 0 Å². The molecule has 0 fully saturated rings. The molecular weight excluding hydrogens is 502 g/mol. The Labute approximate surface area is 231 Å². The lowest BCUT2D eigenvalue weighted by molar-refractivity contribution is 0.102. The van der Waals surface area contributed by atoms with Crippen molar-refractivity contribution in [2.24, 2.45) is 0 Å². The van der Waals surface area contributed by atoms with Gasteiger partial charge in [0.05, 0.1) is 22.2 Å². The molecule has 3 aromatic heterocycles. The lowest BCUT2D eigenvalue weighted by Gasteiger charge is -2.14. The number of hydrogen-bond acceptors (Lipinski definition) is 4. The third-order valence-electron chi connectivity index (χ3n) is 7.43. The van der Waals surface area contributed by atoms with E-state index in [9.17, 15) is 10.1 Å². The van der Waals surface area contributed by atoms with E-state index in [2.05, 4.69) is 38.9 Å². The summed E-state index contributed by atoms with van der Waals surface area (Å²) in [5.74, 6) is 0.478. The second-order valence-corrected chi connectivity index (χ2v) is 11.2. The molecule has 2 aromatic carbocycles. The summed E-state index contributed by atoms with van der Waals surface area (Å²) < 4.78 is 2.17. The van der Waals surface area contributed by atoms with Crippen molar-refractivity contribution in [1.82, 2.24) is 14.5 Å². The van der Waals surface area contributed by atoms with Crippen molar-refractivity contribution < 1.29 is 4.79 Å². The molecule has 1 aliphatic rings. The molecule has 39 heavy (non-hydrogen) atoms. The number of para-hydroxylation sites is 2. The SMILES string of the molecule is Cc1ccc(NC(=O)c2c(-n3c(C)cc(/C=C(/C#N)c4nc5ccccc5[nH]4)c3C)sc3c2CCCC3)cc1. The molecule has 1 amide bonds. The van der Waals surface area contributed by atoms with Crippen LogP contribution in [0.4, 0.5) is 5.69 Å². The predicted octanol–water partition coefficient (Wildman–Crippen LogP) is 7.54. The molecule has 0 atom stereocenters. The topological polar surface area (TPSA) is 86.5 Å². The van der Waals surface area contributed by atoms with Crippen molar-refractivity contribution in [2.45, 2.75) is 46.5 Å². The van der Waals surface area contributed by atoms with Crippen molar-refractivity contribution in [2.75, 3.05) is 5.32 Å². The first-order chi connectivity index (χ1) is 18.9. The summed E-state index contributed by atoms with van der Waals surface area (Å²) in [5, 5.41) is 14.1. The van der Waals surface area contributed by atoms with Crippen LogP contribution in [0, 0.1) is 32.1 Å². The fourth-order valence-corrected chi connectivity index (χ4v) is 6.91. The zero-order chi connectivity index (χ0) is 27.1. The van der Waals surface area contributed by atoms with Crippen LogP contribution < -0.4 is 5.32 Å². The number of carbonyl (C=O) groups excluding carboxylic acids is 1. The normalized spacial score (nSPS) is 13.3. The minimum absolute atomic E-state index is 0.0714. The number of hydrogen-bond donors (Lipinski definition) is 2. The first-order valence-electron chi connectivity index (χ1n) is 13.2. The third kappa shape index (κ3) is 4.58. The zero-order valence-electron chi connectivity index (χ0n) is 22.3. The molecule has 0 unspecified atom stereocenters. The van der Waals surface area contributed by atoms with Gasteiger partial charge in [0.2, 0.25) is 0 Å². The summed E-state index contributed by atoms with van der Waals surface area (Å²) >= 11 is 1.72. The minimum atomic E-state index is -0.0714. The van der Waals surface area contributed by atoms with Gasteiger partial charge in [-0.25, -0.2) is 4.98 Å². The Kier molecular flexibility index (Phi) is 6.41. The average molecular weight is 532 g/mol. The van der Waals surface area contributed by atoms with E-state index in [0.29, 0.717) is 11.4 Å². The standard InChI is InChI=1S/C32H29N5OS/c1-19-12-14-24(15-13-19)34-31(38)29-25-8-4-7-11-28(25)39-32(29)37-20(2)16-22(21(37)3)17-23(18-33)30-35-26-9-5-6-10-27(26)36-30/h5-6,9-10,12-17H,4,7-8,11H2,1-3H3,(H,34,38)(H,35,36)/b23-17-. The van der Waals surface area contributed by atoms with Gasteiger partial charge >= 0.3 is 0 Å². The van der Waals surface area contributed by atoms with Gasteiger partial charge in [0.25, 0.3) is 5.91 Å². The maximum Gasteiger partial charge on any atom is 0.258 e. The molecule has 0 aliphatic heterocycles. The van der Waals surface area contributed by atoms with Gasteiger partial charge in [-0.3, -0.25) is 4.79 Å². The molecule has 6 rings (SSSR count). The van der Waals surface area contributed by atoms with Crippen LogP contribution in [0.2, 0.25) is 0 Å². The van der Waals surface area contributed by atoms with E-state index in [1.54, 1.807) is 11.3 Å². The van der Waals surface area contributed by atoms with Crippen LogP contribution in [-0.2, 0) is 12.8 Å². The van der Waals surface area contributed by atoms with Crippen LogP contribution >= 0.6 is 11.3 Å². The highest BCUT2D eigenvalue weighted by molar-refractivity contribution is 7.15. The Morgan fingerprint density at radius 1 is 1.10 bits per heavy atom. The predicted molar refractivity (Wildman–Crippen MR) is 158 cm³/mol. The quantitative estimate of drug-likeness (QED) is 0.230. The molecule has 0 saturated heterocycles. The number of thiophene rings is 1. The molecule has 0 radical (unpaired) electrons. The van der Waals surface area contributed by atoms with Gasteiger partial charge in [0.1, 0.15) is 16.9 Å². The van der Waals surface area contributed by atoms with Crippen molar-refractivity contribution in [1.29, 1.82) is 5.26 Å². The monoisotopic (exact) mass is 531 g/mol. The number of anilines is 1. The highest BCUT2D eigenvalue weighted by atomic mass is 32.1. The Morgan fingerprint density at radius 3 is 2.64 bits per heavy atom. The molecular formula is C32H29N5OS. The summed E-state index contributed by atoms with van der Waals surface area (Å²) in [6, 6.07) is 20.1. The van der Waals surface area contributed by atoms with E-state index in [0.717, 1.165) is 75.5 Å². The van der Waals surface area contributed by atoms with E-state index in [1.807, 2.05) is 68.5 Å². The number of nitrogens with zero attached hydrogens (tertiary/aromatic N) is 3. The van der Waals surface area contributed by atoms with Crippen molar-refractivity contribution in [3.8, 4) is 11.1 Å². The maximum atomic E-state index is 13.8. The number of fused-ring (bicyclic) bond motifs is 2. The maximum absolute atomic E-state index is 13.8. The summed E-state index contributed by atoms with van der Waals surface area (Å²) in [7, 11) is 0. The number of nitrogens with one attached hydrogen (secondary N) is 2. The number of H-pyrrole nitrogens is 1. The number of aryl methyl sites for hydroxylation is 3. The molecule has 3 heterocycles. The highest BCUT2D eigenvalue weighted by Crippen LogP contribution is 2.39. The van der Waals surface area contributed by atoms with Crippen LogP contribution in [0.25, 0.3) is 27.7 Å². The second-order valence-electron chi connectivity index (χ2n) is 10.1. The van der Waals surface area contributed by atoms with E-state index in [-0.39, 0.29) is 5.91 Å². The molecule has 7 heteroatoms. The smallest absolute Gasteiger partial charge is 0.258 e. The largest absolute Gasteiger partial charge is 0.337 e. The Balaban J connectivity index is 1.43. The van der Waals surface area contributed by atoms with Crippen LogP contribution in [-0.4, -0.2) is 20.4 Å². The lowest BCUT2D eigenvalue weighted by Crippen LogP contribution is -2.17. The first kappa shape index (κ1) is 24.9. The van der Waals surface area contributed by atoms with E-state index < -0.39 is 0 Å². The van der Waals surface area contributed by atoms with Crippen LogP contribution in [0.15, 0.2) is 54.6 Å². The lowest BCUT2D eigenvalue weighted by atomic mass is 9.95. The minimum Gasteiger partial charge on any atom is -0.337 e. The molecule has 5 aromatic rings. The number of aromatic nitrogens is 3. The summed E-state index contributed by atoms with van der Waals surface area (Å²) in [5.41, 5.74) is 9.01. The Bertz CT molecular complexity index is 1760. The number of rotatable bonds is 5. The Hall–Kier alpha value is -4.41. The number of carbonyl (C=O) groups is 1. The summed E-state index contributed by atoms with van der Waals surface area (Å²) in [6.07, 6.45) is 6.04. The van der Waals surface area contributed by atoms with Crippen LogP contribution in [0.3, 0.4) is 0 Å². The van der Waals surface area contributed by atoms with Crippen LogP contribution in [0.1, 0.15) is 62.0 Å². The molecule has 194 valence electrons. The van der Waals surface area contributed by atoms with Gasteiger partial charge in [-0.2, -0.15) is 5.26 Å². The van der Waals surface area contributed by atoms with Crippen LogP contribution in [0.5, 0.6) is 0 Å². The highest BCUT2D eigenvalue weighted by Gasteiger charge is 2.28. The fraction of sp³-hybridized carbons (Fsp3) is 0.219. The molecule has 1 aliphatic carbocycles. The molecule has 0 spiro atoms. The second kappa shape index (κ2) is 10.0. The molecule has 6 nitrogen and oxygen atoms in total. The molecule has 2 N–H and O–H groups in total. The summed E-state index contributed by atoms with van der Waals surface area (Å²) in [4.78, 5) is 22.9.